The molecule has 0 heterocycles. The number of benzene rings is 1. The molecule has 0 saturated carbocycles. The van der Waals surface area contributed by atoms with Gasteiger partial charge in [-0.05, 0) is 12.1 Å². The lowest BCUT2D eigenvalue weighted by molar-refractivity contribution is -0.139. The van der Waals surface area contributed by atoms with Crippen LogP contribution >= 0.6 is 0 Å². The summed E-state index contributed by atoms with van der Waals surface area (Å²) in [5, 5.41) is 0. The van der Waals surface area contributed by atoms with E-state index < -0.39 is 6.09 Å². The summed E-state index contributed by atoms with van der Waals surface area (Å²) in [6.07, 6.45) is -1.21. The zero-order chi connectivity index (χ0) is 8.10. The van der Waals surface area contributed by atoms with Gasteiger partial charge in [0.25, 0.3) is 0 Å². The number of para-hydroxylation sites is 1. The maximum absolute atomic E-state index is 9.94. The fourth-order valence-corrected chi connectivity index (χ4v) is 0.562. The molecule has 0 saturated heterocycles. The third-order valence-corrected chi connectivity index (χ3v) is 0.957. The molecule has 1 rings (SSSR count). The minimum atomic E-state index is -1.21. The Balaban J connectivity index is 2.45. The molecule has 0 aliphatic heterocycles. The molecule has 1 N–H and O–H groups in total. The van der Waals surface area contributed by atoms with Crippen molar-refractivity contribution in [3.63, 3.8) is 0 Å². The van der Waals surface area contributed by atoms with Crippen LogP contribution in [0.25, 0.3) is 0 Å². The summed E-state index contributed by atoms with van der Waals surface area (Å²) in [4.78, 5) is 18.3. The number of carbonyl (C=O) groups is 1. The van der Waals surface area contributed by atoms with Crippen LogP contribution in [-0.2, 0) is 4.89 Å². The van der Waals surface area contributed by atoms with Crippen molar-refractivity contribution < 1.29 is 14.6 Å². The Bertz CT molecular complexity index is 235. The van der Waals surface area contributed by atoms with Crippen LogP contribution in [0.1, 0.15) is 0 Å². The molecule has 1 aromatic rings. The molecular weight excluding hydrogens is 146 g/mol. The first-order chi connectivity index (χ1) is 5.29. The van der Waals surface area contributed by atoms with E-state index in [1.807, 2.05) is 0 Å². The lowest BCUT2D eigenvalue weighted by Gasteiger charge is -1.98. The van der Waals surface area contributed by atoms with Gasteiger partial charge in [0.1, 0.15) is 0 Å². The molecule has 0 spiro atoms. The average Bonchev–Trinajstić information content (AvgIpc) is 2.03. The van der Waals surface area contributed by atoms with Crippen molar-refractivity contribution in [1.29, 1.82) is 0 Å². The maximum atomic E-state index is 9.94. The molecule has 0 aromatic heterocycles. The Morgan fingerprint density at radius 2 is 1.91 bits per heavy atom. The molecule has 1 amide bonds. The van der Waals surface area contributed by atoms with Crippen molar-refractivity contribution in [3.8, 4) is 5.75 Å². The van der Waals surface area contributed by atoms with Crippen LogP contribution in [0.2, 0.25) is 0 Å². The topological polar surface area (TPSA) is 59.3 Å². The maximum Gasteiger partial charge on any atom is 0.468 e. The van der Waals surface area contributed by atoms with Crippen LogP contribution in [0, 0.1) is 0 Å². The van der Waals surface area contributed by atoms with Gasteiger partial charge >= 0.3 is 6.09 Å². The summed E-state index contributed by atoms with van der Waals surface area (Å²) >= 11 is 0. The van der Waals surface area contributed by atoms with Gasteiger partial charge in [-0.15, -0.1) is 0 Å². The number of hydrogen-bond acceptors (Lipinski definition) is 3. The van der Waals surface area contributed by atoms with Gasteiger partial charge in [0, 0.05) is 0 Å². The molecule has 0 aliphatic rings. The van der Waals surface area contributed by atoms with Crippen LogP contribution in [0.3, 0.4) is 0 Å². The van der Waals surface area contributed by atoms with E-state index in [0.717, 1.165) is 0 Å². The van der Waals surface area contributed by atoms with Gasteiger partial charge in [-0.25, -0.2) is 15.4 Å². The number of rotatable bonds is 2. The van der Waals surface area contributed by atoms with Crippen molar-refractivity contribution in [2.45, 2.75) is 0 Å². The van der Waals surface area contributed by atoms with Gasteiger partial charge in [-0.3, -0.25) is 4.89 Å². The SMILES string of the molecule is [NH]C(=O)OOc1ccccc1. The van der Waals surface area contributed by atoms with Crippen molar-refractivity contribution in [3.05, 3.63) is 30.3 Å². The first-order valence-corrected chi connectivity index (χ1v) is 2.94. The second kappa shape index (κ2) is 3.46. The summed E-state index contributed by atoms with van der Waals surface area (Å²) < 4.78 is 0. The zero-order valence-corrected chi connectivity index (χ0v) is 5.61. The lowest BCUT2D eigenvalue weighted by Crippen LogP contribution is -2.05. The molecule has 0 aliphatic carbocycles. The molecule has 0 unspecified atom stereocenters. The Labute approximate surface area is 63.5 Å². The molecule has 0 atom stereocenters. The summed E-state index contributed by atoms with van der Waals surface area (Å²) in [5.74, 6) is 0.396. The summed E-state index contributed by atoms with van der Waals surface area (Å²) in [5.41, 5.74) is 6.34. The monoisotopic (exact) mass is 152 g/mol. The van der Waals surface area contributed by atoms with Crippen molar-refractivity contribution in [2.75, 3.05) is 0 Å². The van der Waals surface area contributed by atoms with Gasteiger partial charge in [0.15, 0.2) is 5.75 Å². The highest BCUT2D eigenvalue weighted by atomic mass is 17.2. The van der Waals surface area contributed by atoms with Crippen LogP contribution < -0.4 is 10.6 Å². The van der Waals surface area contributed by atoms with E-state index in [9.17, 15) is 4.79 Å². The summed E-state index contributed by atoms with van der Waals surface area (Å²) in [6, 6.07) is 8.49. The molecule has 0 fully saturated rings. The standard InChI is InChI=1S/C7H6NO3/c8-7(9)11-10-6-4-2-1-3-5-6/h1-5,8H. The number of amides is 1. The van der Waals surface area contributed by atoms with E-state index in [4.69, 9.17) is 5.73 Å². The van der Waals surface area contributed by atoms with Gasteiger partial charge in [-0.1, -0.05) is 18.2 Å². The molecule has 4 heteroatoms. The van der Waals surface area contributed by atoms with Crippen LogP contribution in [0.15, 0.2) is 30.3 Å². The number of carbonyl (C=O) groups excluding carboxylic acids is 1. The fourth-order valence-electron chi connectivity index (χ4n) is 0.562. The van der Waals surface area contributed by atoms with E-state index in [1.165, 1.54) is 0 Å². The zero-order valence-electron chi connectivity index (χ0n) is 5.61. The largest absolute Gasteiger partial charge is 0.468 e. The first kappa shape index (κ1) is 7.40. The Hall–Kier alpha value is -1.71. The minimum Gasteiger partial charge on any atom is -0.285 e. The normalized spacial score (nSPS) is 8.73. The smallest absolute Gasteiger partial charge is 0.285 e. The van der Waals surface area contributed by atoms with E-state index in [0.29, 0.717) is 5.75 Å². The lowest BCUT2D eigenvalue weighted by atomic mass is 10.3. The van der Waals surface area contributed by atoms with Crippen LogP contribution in [0.4, 0.5) is 4.79 Å². The van der Waals surface area contributed by atoms with Crippen LogP contribution in [-0.4, -0.2) is 6.09 Å². The molecule has 57 valence electrons. The van der Waals surface area contributed by atoms with Crippen molar-refractivity contribution in [2.24, 2.45) is 0 Å². The molecular formula is C7H6NO3. The highest BCUT2D eigenvalue weighted by molar-refractivity contribution is 5.63. The summed E-state index contributed by atoms with van der Waals surface area (Å²) in [6.45, 7) is 0. The Morgan fingerprint density at radius 3 is 2.45 bits per heavy atom. The van der Waals surface area contributed by atoms with Gasteiger partial charge in [0.2, 0.25) is 0 Å². The number of nitrogens with one attached hydrogen (secondary N) is 1. The molecule has 11 heavy (non-hydrogen) atoms. The highest BCUT2D eigenvalue weighted by Crippen LogP contribution is 2.07. The second-order valence-electron chi connectivity index (χ2n) is 1.77. The van der Waals surface area contributed by atoms with Crippen molar-refractivity contribution >= 4 is 6.09 Å². The Kier molecular flexibility index (Phi) is 2.32. The molecule has 1 radical (unpaired) electrons. The Morgan fingerprint density at radius 1 is 1.27 bits per heavy atom. The van der Waals surface area contributed by atoms with Gasteiger partial charge in [0.05, 0.1) is 0 Å². The number of hydrogen-bond donors (Lipinski definition) is 0. The first-order valence-electron chi connectivity index (χ1n) is 2.94. The van der Waals surface area contributed by atoms with Crippen molar-refractivity contribution in [1.82, 2.24) is 5.73 Å². The molecule has 1 aromatic carbocycles. The highest BCUT2D eigenvalue weighted by Gasteiger charge is 1.96. The third-order valence-electron chi connectivity index (χ3n) is 0.957. The van der Waals surface area contributed by atoms with E-state index in [-0.39, 0.29) is 0 Å². The van der Waals surface area contributed by atoms with Crippen LogP contribution in [0.5, 0.6) is 5.75 Å². The quantitative estimate of drug-likeness (QED) is 0.475. The van der Waals surface area contributed by atoms with E-state index >= 15 is 0 Å². The predicted octanol–water partition coefficient (Wildman–Crippen LogP) is 1.40. The van der Waals surface area contributed by atoms with E-state index in [1.54, 1.807) is 30.3 Å². The second-order valence-corrected chi connectivity index (χ2v) is 1.77. The molecule has 4 nitrogen and oxygen atoms in total. The van der Waals surface area contributed by atoms with Gasteiger partial charge < -0.3 is 0 Å². The average molecular weight is 152 g/mol. The third kappa shape index (κ3) is 2.57. The summed E-state index contributed by atoms with van der Waals surface area (Å²) in [7, 11) is 0. The minimum absolute atomic E-state index is 0.396. The van der Waals surface area contributed by atoms with Gasteiger partial charge in [-0.2, -0.15) is 0 Å². The fraction of sp³-hybridized carbons (Fsp3) is 0. The predicted molar refractivity (Wildman–Crippen MR) is 36.6 cm³/mol. The van der Waals surface area contributed by atoms with E-state index in [2.05, 4.69) is 9.78 Å². The molecule has 0 bridgehead atoms.